The number of rotatable bonds is 7. The molecule has 2 rings (SSSR count). The molecule has 124 valence electrons. The van der Waals surface area contributed by atoms with Crippen molar-refractivity contribution in [3.63, 3.8) is 0 Å². The van der Waals surface area contributed by atoms with Gasteiger partial charge in [0.25, 0.3) is 5.69 Å². The molecular weight excluding hydrogens is 332 g/mol. The fraction of sp³-hybridized carbons (Fsp3) is 0.176. The number of nitro benzene ring substituents is 1. The Balaban J connectivity index is 1.88. The Bertz CT molecular complexity index is 762. The van der Waals surface area contributed by atoms with E-state index in [4.69, 9.17) is 11.6 Å². The lowest BCUT2D eigenvalue weighted by Gasteiger charge is -2.06. The van der Waals surface area contributed by atoms with E-state index in [-0.39, 0.29) is 40.9 Å². The molecule has 0 aliphatic carbocycles. The van der Waals surface area contributed by atoms with E-state index in [1.807, 2.05) is 6.07 Å². The quantitative estimate of drug-likeness (QED) is 0.461. The molecule has 0 atom stereocenters. The fourth-order valence-electron chi connectivity index (χ4n) is 2.15. The van der Waals surface area contributed by atoms with Crippen molar-refractivity contribution in [2.45, 2.75) is 19.3 Å². The van der Waals surface area contributed by atoms with Gasteiger partial charge in [-0.1, -0.05) is 41.9 Å². The molecule has 0 heterocycles. The smallest absolute Gasteiger partial charge is 0.294 e. The summed E-state index contributed by atoms with van der Waals surface area (Å²) < 4.78 is 0. The van der Waals surface area contributed by atoms with E-state index in [2.05, 4.69) is 5.32 Å². The SMILES string of the molecule is O=C(CCCC(=O)c1ccccc1)Nc1ccc(Cl)cc1[N+](=O)[O-]. The molecule has 0 unspecified atom stereocenters. The van der Waals surface area contributed by atoms with Crippen molar-refractivity contribution in [3.8, 4) is 0 Å². The highest BCUT2D eigenvalue weighted by molar-refractivity contribution is 6.31. The number of nitrogens with zero attached hydrogens (tertiary/aromatic N) is 1. The number of carbonyl (C=O) groups is 2. The van der Waals surface area contributed by atoms with Gasteiger partial charge in [0.05, 0.1) is 4.92 Å². The molecule has 24 heavy (non-hydrogen) atoms. The topological polar surface area (TPSA) is 89.3 Å². The lowest BCUT2D eigenvalue weighted by atomic mass is 10.1. The standard InChI is InChI=1S/C17H15ClN2O4/c18-13-9-10-14(15(11-13)20(23)24)19-17(22)8-4-7-16(21)12-5-2-1-3-6-12/h1-3,5-6,9-11H,4,7-8H2,(H,19,22). The molecule has 0 bridgehead atoms. The summed E-state index contributed by atoms with van der Waals surface area (Å²) in [7, 11) is 0. The van der Waals surface area contributed by atoms with Crippen LogP contribution in [0.5, 0.6) is 0 Å². The number of ketones is 1. The molecule has 7 heteroatoms. The molecule has 0 saturated carbocycles. The van der Waals surface area contributed by atoms with Crippen molar-refractivity contribution in [3.05, 3.63) is 69.2 Å². The average Bonchev–Trinajstić information content (AvgIpc) is 2.57. The van der Waals surface area contributed by atoms with Crippen LogP contribution in [0, 0.1) is 10.1 Å². The van der Waals surface area contributed by atoms with Crippen molar-refractivity contribution >= 4 is 34.7 Å². The summed E-state index contributed by atoms with van der Waals surface area (Å²) in [6, 6.07) is 12.8. The van der Waals surface area contributed by atoms with Crippen LogP contribution in [0.4, 0.5) is 11.4 Å². The Hall–Kier alpha value is -2.73. The number of anilines is 1. The predicted octanol–water partition coefficient (Wildman–Crippen LogP) is 4.24. The summed E-state index contributed by atoms with van der Waals surface area (Å²) >= 11 is 5.72. The molecule has 2 aromatic rings. The van der Waals surface area contributed by atoms with E-state index in [0.29, 0.717) is 12.0 Å². The Morgan fingerprint density at radius 2 is 1.79 bits per heavy atom. The van der Waals surface area contributed by atoms with Crippen LogP contribution < -0.4 is 5.32 Å². The van der Waals surface area contributed by atoms with Gasteiger partial charge in [0.2, 0.25) is 5.91 Å². The number of carbonyl (C=O) groups excluding carboxylic acids is 2. The Morgan fingerprint density at radius 1 is 1.08 bits per heavy atom. The van der Waals surface area contributed by atoms with Crippen LogP contribution in [0.15, 0.2) is 48.5 Å². The number of halogens is 1. The van der Waals surface area contributed by atoms with E-state index in [9.17, 15) is 19.7 Å². The van der Waals surface area contributed by atoms with Gasteiger partial charge < -0.3 is 5.32 Å². The Labute approximate surface area is 143 Å². The van der Waals surface area contributed by atoms with Gasteiger partial charge in [0.15, 0.2) is 5.78 Å². The first-order valence-corrected chi connectivity index (χ1v) is 7.67. The van der Waals surface area contributed by atoms with Gasteiger partial charge in [-0.05, 0) is 18.6 Å². The van der Waals surface area contributed by atoms with Crippen LogP contribution >= 0.6 is 11.6 Å². The van der Waals surface area contributed by atoms with Gasteiger partial charge >= 0.3 is 0 Å². The lowest BCUT2D eigenvalue weighted by molar-refractivity contribution is -0.383. The van der Waals surface area contributed by atoms with E-state index in [0.717, 1.165) is 0 Å². The van der Waals surface area contributed by atoms with Crippen molar-refractivity contribution in [2.24, 2.45) is 0 Å². The Morgan fingerprint density at radius 3 is 2.46 bits per heavy atom. The van der Waals surface area contributed by atoms with Crippen LogP contribution in [0.25, 0.3) is 0 Å². The second kappa shape index (κ2) is 8.21. The first kappa shape index (κ1) is 17.6. The van der Waals surface area contributed by atoms with Crippen LogP contribution in [-0.4, -0.2) is 16.6 Å². The minimum absolute atomic E-state index is 0.0409. The maximum absolute atomic E-state index is 11.9. The molecule has 0 fully saturated rings. The van der Waals surface area contributed by atoms with Gasteiger partial charge in [0.1, 0.15) is 5.69 Å². The maximum atomic E-state index is 11.9. The first-order chi connectivity index (χ1) is 11.5. The molecule has 0 aliphatic heterocycles. The van der Waals surface area contributed by atoms with Gasteiger partial charge in [-0.3, -0.25) is 19.7 Å². The van der Waals surface area contributed by atoms with Crippen molar-refractivity contribution in [2.75, 3.05) is 5.32 Å². The minimum Gasteiger partial charge on any atom is -0.320 e. The zero-order valence-electron chi connectivity index (χ0n) is 12.7. The molecule has 6 nitrogen and oxygen atoms in total. The van der Waals surface area contributed by atoms with E-state index in [1.165, 1.54) is 18.2 Å². The molecule has 0 aliphatic rings. The van der Waals surface area contributed by atoms with Gasteiger partial charge in [-0.2, -0.15) is 0 Å². The summed E-state index contributed by atoms with van der Waals surface area (Å²) in [6.45, 7) is 0. The molecule has 0 saturated heterocycles. The number of hydrogen-bond donors (Lipinski definition) is 1. The van der Waals surface area contributed by atoms with E-state index in [1.54, 1.807) is 24.3 Å². The predicted molar refractivity (Wildman–Crippen MR) is 91.4 cm³/mol. The second-order valence-electron chi connectivity index (χ2n) is 5.11. The van der Waals surface area contributed by atoms with E-state index < -0.39 is 4.92 Å². The zero-order valence-corrected chi connectivity index (χ0v) is 13.5. The number of nitro groups is 1. The minimum atomic E-state index is -0.611. The van der Waals surface area contributed by atoms with Crippen molar-refractivity contribution < 1.29 is 14.5 Å². The van der Waals surface area contributed by atoms with Crippen LogP contribution in [0.3, 0.4) is 0 Å². The van der Waals surface area contributed by atoms with Gasteiger partial charge in [-0.25, -0.2) is 0 Å². The van der Waals surface area contributed by atoms with Crippen LogP contribution in [0.2, 0.25) is 5.02 Å². The highest BCUT2D eigenvalue weighted by Gasteiger charge is 2.16. The lowest BCUT2D eigenvalue weighted by Crippen LogP contribution is -2.13. The monoisotopic (exact) mass is 346 g/mol. The summed E-state index contributed by atoms with van der Waals surface area (Å²) in [6.07, 6.45) is 0.694. The zero-order chi connectivity index (χ0) is 17.5. The summed E-state index contributed by atoms with van der Waals surface area (Å²) in [5.74, 6) is -0.429. The van der Waals surface area contributed by atoms with E-state index >= 15 is 0 Å². The number of Topliss-reactive ketones (excluding diaryl/α,β-unsaturated/α-hetero) is 1. The molecule has 0 spiro atoms. The van der Waals surface area contributed by atoms with Crippen LogP contribution in [0.1, 0.15) is 29.6 Å². The Kier molecular flexibility index (Phi) is 6.03. The van der Waals surface area contributed by atoms with Gasteiger partial charge in [-0.15, -0.1) is 0 Å². The molecular formula is C17H15ClN2O4. The van der Waals surface area contributed by atoms with Crippen molar-refractivity contribution in [1.82, 2.24) is 0 Å². The number of amides is 1. The third-order valence-corrected chi connectivity index (χ3v) is 3.57. The highest BCUT2D eigenvalue weighted by atomic mass is 35.5. The average molecular weight is 347 g/mol. The van der Waals surface area contributed by atoms with Gasteiger partial charge in [0, 0.05) is 29.5 Å². The normalized spacial score (nSPS) is 10.2. The summed E-state index contributed by atoms with van der Waals surface area (Å²) in [5.41, 5.74) is 0.422. The summed E-state index contributed by atoms with van der Waals surface area (Å²) in [5, 5.41) is 13.7. The third-order valence-electron chi connectivity index (χ3n) is 3.33. The second-order valence-corrected chi connectivity index (χ2v) is 5.55. The molecule has 1 N–H and O–H groups in total. The number of benzene rings is 2. The molecule has 0 radical (unpaired) electrons. The van der Waals surface area contributed by atoms with Crippen LogP contribution in [-0.2, 0) is 4.79 Å². The number of nitrogens with one attached hydrogen (secondary N) is 1. The van der Waals surface area contributed by atoms with Crippen molar-refractivity contribution in [1.29, 1.82) is 0 Å². The fourth-order valence-corrected chi connectivity index (χ4v) is 2.32. The highest BCUT2D eigenvalue weighted by Crippen LogP contribution is 2.27. The maximum Gasteiger partial charge on any atom is 0.294 e. The first-order valence-electron chi connectivity index (χ1n) is 7.29. The third kappa shape index (κ3) is 4.89. The molecule has 0 aromatic heterocycles. The number of hydrogen-bond acceptors (Lipinski definition) is 4. The largest absolute Gasteiger partial charge is 0.320 e. The molecule has 1 amide bonds. The molecule has 2 aromatic carbocycles. The summed E-state index contributed by atoms with van der Waals surface area (Å²) in [4.78, 5) is 34.2.